The number of carboxylic acids is 1. The molecule has 0 radical (unpaired) electrons. The predicted molar refractivity (Wildman–Crippen MR) is 54.3 cm³/mol. The first-order valence-corrected chi connectivity index (χ1v) is 3.84. The molecule has 0 amide bonds. The van der Waals surface area contributed by atoms with Crippen molar-refractivity contribution >= 4 is 5.97 Å². The number of carbonyl (C=O) groups is 1. The molecule has 0 heterocycles. The van der Waals surface area contributed by atoms with Gasteiger partial charge in [-0.25, -0.2) is 4.79 Å². The fraction of sp³-hybridized carbons (Fsp3) is 0.364. The second kappa shape index (κ2) is 4.08. The van der Waals surface area contributed by atoms with Crippen LogP contribution in [0.2, 0.25) is 0 Å². The first-order valence-electron chi connectivity index (χ1n) is 3.84. The second-order valence-corrected chi connectivity index (χ2v) is 2.99. The molecule has 2 nitrogen and oxygen atoms in total. The molecule has 1 aromatic carbocycles. The van der Waals surface area contributed by atoms with Crippen LogP contribution in [0.1, 0.15) is 34.5 Å². The van der Waals surface area contributed by atoms with E-state index in [-0.39, 0.29) is 7.43 Å². The topological polar surface area (TPSA) is 37.3 Å². The predicted octanol–water partition coefficient (Wildman–Crippen LogP) is 2.95. The first kappa shape index (κ1) is 11.7. The number of benzene rings is 1. The molecule has 0 aliphatic rings. The highest BCUT2D eigenvalue weighted by Crippen LogP contribution is 2.16. The van der Waals surface area contributed by atoms with Crippen LogP contribution in [-0.4, -0.2) is 11.1 Å². The van der Waals surface area contributed by atoms with Crippen LogP contribution in [0.5, 0.6) is 0 Å². The average Bonchev–Trinajstić information content (AvgIpc) is 2.00. The lowest BCUT2D eigenvalue weighted by Gasteiger charge is -2.06. The van der Waals surface area contributed by atoms with Crippen LogP contribution in [0.25, 0.3) is 0 Å². The van der Waals surface area contributed by atoms with E-state index in [0.717, 1.165) is 16.7 Å². The van der Waals surface area contributed by atoms with Crippen LogP contribution in [-0.2, 0) is 0 Å². The van der Waals surface area contributed by atoms with Crippen molar-refractivity contribution in [2.75, 3.05) is 0 Å². The van der Waals surface area contributed by atoms with E-state index in [4.69, 9.17) is 5.11 Å². The number of carboxylic acid groups (broad SMARTS) is 1. The molecule has 1 aromatic rings. The summed E-state index contributed by atoms with van der Waals surface area (Å²) >= 11 is 0. The normalized spacial score (nSPS) is 9.15. The molecule has 0 aromatic heterocycles. The number of rotatable bonds is 1. The fourth-order valence-electron chi connectivity index (χ4n) is 1.19. The summed E-state index contributed by atoms with van der Waals surface area (Å²) in [7, 11) is 0. The molecular weight excluding hydrogens is 164 g/mol. The maximum atomic E-state index is 10.7. The highest BCUT2D eigenvalue weighted by molar-refractivity contribution is 5.89. The molecule has 0 saturated carbocycles. The Morgan fingerprint density at radius 3 is 2.15 bits per heavy atom. The van der Waals surface area contributed by atoms with Gasteiger partial charge in [0.15, 0.2) is 0 Å². The SMILES string of the molecule is C.Cc1ccc(C(=O)O)c(C)c1C. The van der Waals surface area contributed by atoms with Crippen LogP contribution < -0.4 is 0 Å². The van der Waals surface area contributed by atoms with Crippen molar-refractivity contribution < 1.29 is 9.90 Å². The highest BCUT2D eigenvalue weighted by atomic mass is 16.4. The molecule has 0 bridgehead atoms. The third-order valence-electron chi connectivity index (χ3n) is 2.29. The van der Waals surface area contributed by atoms with Gasteiger partial charge in [0.25, 0.3) is 0 Å². The van der Waals surface area contributed by atoms with Gasteiger partial charge in [-0.1, -0.05) is 13.5 Å². The molecular formula is C11H16O2. The Morgan fingerprint density at radius 2 is 1.69 bits per heavy atom. The Balaban J connectivity index is 0.00000144. The van der Waals surface area contributed by atoms with Crippen molar-refractivity contribution in [3.8, 4) is 0 Å². The van der Waals surface area contributed by atoms with E-state index < -0.39 is 5.97 Å². The average molecular weight is 180 g/mol. The summed E-state index contributed by atoms with van der Waals surface area (Å²) < 4.78 is 0. The summed E-state index contributed by atoms with van der Waals surface area (Å²) in [5.41, 5.74) is 3.47. The Hall–Kier alpha value is -1.31. The van der Waals surface area contributed by atoms with E-state index in [1.165, 1.54) is 0 Å². The van der Waals surface area contributed by atoms with E-state index in [0.29, 0.717) is 5.56 Å². The zero-order chi connectivity index (χ0) is 9.30. The Morgan fingerprint density at radius 1 is 1.15 bits per heavy atom. The zero-order valence-corrected chi connectivity index (χ0v) is 7.51. The van der Waals surface area contributed by atoms with Gasteiger partial charge in [0.05, 0.1) is 5.56 Å². The zero-order valence-electron chi connectivity index (χ0n) is 7.51. The molecule has 0 atom stereocenters. The summed E-state index contributed by atoms with van der Waals surface area (Å²) in [4.78, 5) is 10.7. The van der Waals surface area contributed by atoms with Gasteiger partial charge in [-0.05, 0) is 43.5 Å². The van der Waals surface area contributed by atoms with E-state index in [1.807, 2.05) is 26.8 Å². The Kier molecular flexibility index (Phi) is 3.67. The highest BCUT2D eigenvalue weighted by Gasteiger charge is 2.08. The minimum Gasteiger partial charge on any atom is -0.478 e. The van der Waals surface area contributed by atoms with Crippen LogP contribution in [0.15, 0.2) is 12.1 Å². The van der Waals surface area contributed by atoms with E-state index in [1.54, 1.807) is 6.07 Å². The molecule has 13 heavy (non-hydrogen) atoms. The van der Waals surface area contributed by atoms with Gasteiger partial charge in [0.2, 0.25) is 0 Å². The third kappa shape index (κ3) is 2.08. The largest absolute Gasteiger partial charge is 0.478 e. The maximum absolute atomic E-state index is 10.7. The van der Waals surface area contributed by atoms with Crippen LogP contribution >= 0.6 is 0 Å². The van der Waals surface area contributed by atoms with E-state index in [2.05, 4.69) is 0 Å². The molecule has 0 aliphatic carbocycles. The minimum absolute atomic E-state index is 0. The third-order valence-corrected chi connectivity index (χ3v) is 2.29. The van der Waals surface area contributed by atoms with Gasteiger partial charge in [-0.3, -0.25) is 0 Å². The van der Waals surface area contributed by atoms with Crippen LogP contribution in [0.4, 0.5) is 0 Å². The number of aromatic carboxylic acids is 1. The second-order valence-electron chi connectivity index (χ2n) is 2.99. The van der Waals surface area contributed by atoms with Gasteiger partial charge in [0.1, 0.15) is 0 Å². The Bertz CT molecular complexity index is 327. The summed E-state index contributed by atoms with van der Waals surface area (Å²) in [6.07, 6.45) is 0. The summed E-state index contributed by atoms with van der Waals surface area (Å²) in [5.74, 6) is -0.851. The van der Waals surface area contributed by atoms with Crippen molar-refractivity contribution in [1.82, 2.24) is 0 Å². The number of aryl methyl sites for hydroxylation is 1. The smallest absolute Gasteiger partial charge is 0.335 e. The first-order chi connectivity index (χ1) is 5.54. The quantitative estimate of drug-likeness (QED) is 0.721. The molecule has 0 fully saturated rings. The van der Waals surface area contributed by atoms with Crippen molar-refractivity contribution in [2.45, 2.75) is 28.2 Å². The maximum Gasteiger partial charge on any atom is 0.335 e. The van der Waals surface area contributed by atoms with E-state index >= 15 is 0 Å². The number of hydrogen-bond donors (Lipinski definition) is 1. The van der Waals surface area contributed by atoms with E-state index in [9.17, 15) is 4.79 Å². The van der Waals surface area contributed by atoms with Crippen molar-refractivity contribution in [3.63, 3.8) is 0 Å². The van der Waals surface area contributed by atoms with Crippen molar-refractivity contribution in [3.05, 3.63) is 34.4 Å². The molecule has 1 N–H and O–H groups in total. The van der Waals surface area contributed by atoms with Crippen molar-refractivity contribution in [2.24, 2.45) is 0 Å². The molecule has 0 unspecified atom stereocenters. The monoisotopic (exact) mass is 180 g/mol. The molecule has 0 aliphatic heterocycles. The van der Waals surface area contributed by atoms with Gasteiger partial charge >= 0.3 is 5.97 Å². The molecule has 0 saturated heterocycles. The lowest BCUT2D eigenvalue weighted by molar-refractivity contribution is 0.0696. The van der Waals surface area contributed by atoms with Crippen LogP contribution in [0, 0.1) is 20.8 Å². The molecule has 72 valence electrons. The van der Waals surface area contributed by atoms with Gasteiger partial charge < -0.3 is 5.11 Å². The Labute approximate surface area is 79.2 Å². The lowest BCUT2D eigenvalue weighted by atomic mass is 9.99. The molecule has 0 spiro atoms. The van der Waals surface area contributed by atoms with Crippen molar-refractivity contribution in [1.29, 1.82) is 0 Å². The van der Waals surface area contributed by atoms with Gasteiger partial charge in [0, 0.05) is 0 Å². The fourth-order valence-corrected chi connectivity index (χ4v) is 1.19. The van der Waals surface area contributed by atoms with Gasteiger partial charge in [-0.2, -0.15) is 0 Å². The number of hydrogen-bond acceptors (Lipinski definition) is 1. The molecule has 2 heteroatoms. The molecule has 1 rings (SSSR count). The van der Waals surface area contributed by atoms with Crippen LogP contribution in [0.3, 0.4) is 0 Å². The summed E-state index contributed by atoms with van der Waals surface area (Å²) in [6, 6.07) is 3.49. The summed E-state index contributed by atoms with van der Waals surface area (Å²) in [6.45, 7) is 5.76. The summed E-state index contributed by atoms with van der Waals surface area (Å²) in [5, 5.41) is 8.78. The minimum atomic E-state index is -0.851. The van der Waals surface area contributed by atoms with Gasteiger partial charge in [-0.15, -0.1) is 0 Å². The lowest BCUT2D eigenvalue weighted by Crippen LogP contribution is -2.01. The standard InChI is InChI=1S/C10H12O2.CH4/c1-6-4-5-9(10(11)12)8(3)7(6)2;/h4-5H,1-3H3,(H,11,12);1H4.